The number of pyridine rings is 2. The van der Waals surface area contributed by atoms with Crippen LogP contribution in [0.2, 0.25) is 0 Å². The molecule has 1 N–H and O–H groups in total. The first-order valence-corrected chi connectivity index (χ1v) is 10.8. The number of nitrogens with zero attached hydrogens (tertiary/aromatic N) is 5. The Balaban J connectivity index is 1.32. The van der Waals surface area contributed by atoms with Gasteiger partial charge in [0, 0.05) is 37.2 Å². The van der Waals surface area contributed by atoms with Gasteiger partial charge in [0.25, 0.3) is 0 Å². The zero-order chi connectivity index (χ0) is 25.0. The molecule has 1 aliphatic heterocycles. The van der Waals surface area contributed by atoms with E-state index in [1.54, 1.807) is 6.07 Å². The van der Waals surface area contributed by atoms with E-state index >= 15 is 0 Å². The molecule has 1 aliphatic carbocycles. The monoisotopic (exact) mass is 504 g/mol. The molecule has 2 fully saturated rings. The smallest absolute Gasteiger partial charge is 0.448 e. The van der Waals surface area contributed by atoms with Gasteiger partial charge in [-0.3, -0.25) is 4.98 Å². The number of alkyl halides is 7. The van der Waals surface area contributed by atoms with Crippen LogP contribution in [0.15, 0.2) is 36.7 Å². The van der Waals surface area contributed by atoms with Gasteiger partial charge in [-0.2, -0.15) is 35.7 Å². The van der Waals surface area contributed by atoms with Gasteiger partial charge in [0.2, 0.25) is 5.95 Å². The molecule has 0 aromatic carbocycles. The predicted octanol–water partition coefficient (Wildman–Crippen LogP) is 4.71. The molecule has 4 atom stereocenters. The molecular weight excluding hydrogens is 485 g/mol. The molecule has 1 saturated carbocycles. The second-order valence-electron chi connectivity index (χ2n) is 8.62. The SMILES string of the molecule is FC(Oc1cccn2nc(N[C@@H]3[C@@H]4CC[C@H]3CN(c3ccnc(C(F)(F)F)c3)C4)nc12)C(F)(F)F. The van der Waals surface area contributed by atoms with Crippen LogP contribution in [0.4, 0.5) is 42.4 Å². The Kier molecular flexibility index (Phi) is 5.63. The summed E-state index contributed by atoms with van der Waals surface area (Å²) in [5, 5.41) is 7.43. The Morgan fingerprint density at radius 2 is 1.77 bits per heavy atom. The van der Waals surface area contributed by atoms with E-state index in [0.29, 0.717) is 18.8 Å². The van der Waals surface area contributed by atoms with Crippen LogP contribution in [-0.4, -0.2) is 51.2 Å². The van der Waals surface area contributed by atoms with Crippen molar-refractivity contribution in [3.63, 3.8) is 0 Å². The van der Waals surface area contributed by atoms with Gasteiger partial charge >= 0.3 is 18.7 Å². The highest BCUT2D eigenvalue weighted by Gasteiger charge is 2.44. The summed E-state index contributed by atoms with van der Waals surface area (Å²) < 4.78 is 95.8. The van der Waals surface area contributed by atoms with E-state index in [9.17, 15) is 30.7 Å². The molecule has 4 heterocycles. The lowest BCUT2D eigenvalue weighted by Gasteiger charge is -2.39. The van der Waals surface area contributed by atoms with Crippen molar-refractivity contribution in [2.45, 2.75) is 37.6 Å². The third kappa shape index (κ3) is 4.65. The lowest BCUT2D eigenvalue weighted by atomic mass is 9.92. The van der Waals surface area contributed by atoms with Crippen LogP contribution < -0.4 is 15.0 Å². The maximum absolute atomic E-state index is 13.4. The fourth-order valence-electron chi connectivity index (χ4n) is 4.80. The molecular formula is C21H19F7N6O. The van der Waals surface area contributed by atoms with Crippen molar-refractivity contribution in [1.82, 2.24) is 19.6 Å². The van der Waals surface area contributed by atoms with Gasteiger partial charge in [-0.05, 0) is 48.9 Å². The normalized spacial score (nSPS) is 23.5. The number of anilines is 2. The molecule has 5 rings (SSSR count). The lowest BCUT2D eigenvalue weighted by molar-refractivity contribution is -0.236. The van der Waals surface area contributed by atoms with Crippen LogP contribution >= 0.6 is 0 Å². The summed E-state index contributed by atoms with van der Waals surface area (Å²) in [7, 11) is 0. The maximum Gasteiger partial charge on any atom is 0.457 e. The predicted molar refractivity (Wildman–Crippen MR) is 110 cm³/mol. The van der Waals surface area contributed by atoms with Crippen LogP contribution in [-0.2, 0) is 6.18 Å². The zero-order valence-electron chi connectivity index (χ0n) is 17.9. The first kappa shape index (κ1) is 23.4. The van der Waals surface area contributed by atoms with Gasteiger partial charge in [0.1, 0.15) is 5.69 Å². The molecule has 1 saturated heterocycles. The summed E-state index contributed by atoms with van der Waals surface area (Å²) in [6.45, 7) is 1.01. The van der Waals surface area contributed by atoms with Crippen molar-refractivity contribution < 1.29 is 35.5 Å². The third-order valence-electron chi connectivity index (χ3n) is 6.34. The van der Waals surface area contributed by atoms with Crippen molar-refractivity contribution in [1.29, 1.82) is 0 Å². The second-order valence-corrected chi connectivity index (χ2v) is 8.62. The number of fused-ring (bicyclic) bond motifs is 3. The van der Waals surface area contributed by atoms with Gasteiger partial charge in [-0.15, -0.1) is 5.10 Å². The van der Waals surface area contributed by atoms with E-state index in [1.807, 2.05) is 4.90 Å². The van der Waals surface area contributed by atoms with Gasteiger partial charge in [-0.1, -0.05) is 0 Å². The fourth-order valence-corrected chi connectivity index (χ4v) is 4.80. The van der Waals surface area contributed by atoms with E-state index in [0.717, 1.165) is 31.2 Å². The van der Waals surface area contributed by atoms with E-state index in [4.69, 9.17) is 0 Å². The van der Waals surface area contributed by atoms with E-state index in [-0.39, 0.29) is 29.5 Å². The topological polar surface area (TPSA) is 67.6 Å². The number of rotatable bonds is 5. The van der Waals surface area contributed by atoms with Gasteiger partial charge in [0.15, 0.2) is 11.4 Å². The van der Waals surface area contributed by atoms with Crippen LogP contribution in [0.5, 0.6) is 5.75 Å². The van der Waals surface area contributed by atoms with Gasteiger partial charge < -0.3 is 15.0 Å². The fraction of sp³-hybridized carbons (Fsp3) is 0.476. The minimum Gasteiger partial charge on any atom is -0.448 e. The quantitative estimate of drug-likeness (QED) is 0.508. The summed E-state index contributed by atoms with van der Waals surface area (Å²) in [4.78, 5) is 9.50. The van der Waals surface area contributed by atoms with Gasteiger partial charge in [0.05, 0.1) is 0 Å². The average Bonchev–Trinajstić information content (AvgIpc) is 3.29. The molecule has 0 amide bonds. The number of piperidine rings is 1. The number of ether oxygens (including phenoxy) is 1. The Morgan fingerprint density at radius 1 is 1.06 bits per heavy atom. The summed E-state index contributed by atoms with van der Waals surface area (Å²) in [6.07, 6.45) is -8.95. The Hall–Kier alpha value is -3.32. The van der Waals surface area contributed by atoms with Gasteiger partial charge in [-0.25, -0.2) is 4.52 Å². The average molecular weight is 504 g/mol. The Bertz CT molecular complexity index is 1200. The Labute approximate surface area is 193 Å². The molecule has 7 nitrogen and oxygen atoms in total. The summed E-state index contributed by atoms with van der Waals surface area (Å²) >= 11 is 0. The van der Waals surface area contributed by atoms with Crippen molar-refractivity contribution in [2.75, 3.05) is 23.3 Å². The molecule has 0 radical (unpaired) electrons. The molecule has 188 valence electrons. The van der Waals surface area contributed by atoms with Crippen molar-refractivity contribution in [2.24, 2.45) is 11.8 Å². The largest absolute Gasteiger partial charge is 0.457 e. The van der Waals surface area contributed by atoms with Crippen LogP contribution in [0.3, 0.4) is 0 Å². The zero-order valence-corrected chi connectivity index (χ0v) is 17.9. The molecule has 14 heteroatoms. The maximum atomic E-state index is 13.4. The van der Waals surface area contributed by atoms with E-state index < -0.39 is 30.2 Å². The molecule has 3 aromatic heterocycles. The number of hydrogen-bond donors (Lipinski definition) is 1. The highest BCUT2D eigenvalue weighted by atomic mass is 19.4. The third-order valence-corrected chi connectivity index (χ3v) is 6.34. The molecule has 2 aliphatic rings. The van der Waals surface area contributed by atoms with Crippen LogP contribution in [0.25, 0.3) is 5.65 Å². The molecule has 3 aromatic rings. The number of nitrogens with one attached hydrogen (secondary N) is 1. The number of hydrogen-bond acceptors (Lipinski definition) is 6. The van der Waals surface area contributed by atoms with Crippen molar-refractivity contribution in [3.05, 3.63) is 42.4 Å². The van der Waals surface area contributed by atoms with E-state index in [1.165, 1.54) is 16.8 Å². The standard InChI is InChI=1S/C21H19F7N6O/c22-18(21(26,27)28)35-14-2-1-7-34-17(14)31-19(32-34)30-16-11-3-4-12(16)10-33(9-11)13-5-6-29-15(8-13)20(23,24)25/h1-2,5-8,11-12,16,18H,3-4,9-10H2,(H,30,32)/t11-,12+,16-,18?. The second kappa shape index (κ2) is 8.41. The number of halogens is 7. The minimum atomic E-state index is -5.18. The van der Waals surface area contributed by atoms with Crippen molar-refractivity contribution >= 4 is 17.3 Å². The summed E-state index contributed by atoms with van der Waals surface area (Å²) in [5.74, 6) is -0.103. The molecule has 0 spiro atoms. The Morgan fingerprint density at radius 3 is 2.43 bits per heavy atom. The highest BCUT2D eigenvalue weighted by molar-refractivity contribution is 5.56. The molecule has 1 unspecified atom stereocenters. The summed E-state index contributed by atoms with van der Waals surface area (Å²) in [5.41, 5.74) is -0.584. The lowest BCUT2D eigenvalue weighted by Crippen LogP contribution is -2.48. The number of aromatic nitrogens is 4. The van der Waals surface area contributed by atoms with Crippen LogP contribution in [0.1, 0.15) is 18.5 Å². The first-order chi connectivity index (χ1) is 16.5. The van der Waals surface area contributed by atoms with Crippen molar-refractivity contribution in [3.8, 4) is 5.75 Å². The molecule has 2 bridgehead atoms. The molecule has 35 heavy (non-hydrogen) atoms. The first-order valence-electron chi connectivity index (χ1n) is 10.8. The minimum absolute atomic E-state index is 0.0804. The highest BCUT2D eigenvalue weighted by Crippen LogP contribution is 2.41. The summed E-state index contributed by atoms with van der Waals surface area (Å²) in [6, 6.07) is 5.03. The van der Waals surface area contributed by atoms with Crippen LogP contribution in [0, 0.1) is 11.8 Å². The van der Waals surface area contributed by atoms with E-state index in [2.05, 4.69) is 25.1 Å².